The van der Waals surface area contributed by atoms with Crippen molar-refractivity contribution < 1.29 is 0 Å². The van der Waals surface area contributed by atoms with Crippen LogP contribution in [0.1, 0.15) is 57.8 Å². The number of anilines is 2. The Morgan fingerprint density at radius 3 is 2.25 bits per heavy atom. The van der Waals surface area contributed by atoms with Crippen molar-refractivity contribution in [2.24, 2.45) is 17.8 Å². The summed E-state index contributed by atoms with van der Waals surface area (Å²) in [6, 6.07) is 0. The predicted molar refractivity (Wildman–Crippen MR) is 84.8 cm³/mol. The summed E-state index contributed by atoms with van der Waals surface area (Å²) in [6.45, 7) is 12.1. The molecule has 1 aromatic heterocycles. The second-order valence-corrected chi connectivity index (χ2v) is 6.75. The molecular formula is C16H28N4. The highest BCUT2D eigenvalue weighted by atomic mass is 15.1. The summed E-state index contributed by atoms with van der Waals surface area (Å²) in [4.78, 5) is 9.10. The van der Waals surface area contributed by atoms with Gasteiger partial charge in [0.1, 0.15) is 17.5 Å². The van der Waals surface area contributed by atoms with Crippen LogP contribution in [0.5, 0.6) is 0 Å². The SMILES string of the molecule is Cc1c(N)nc(C2CC2)nc1NCC(C(C)C)C(C)C. The highest BCUT2D eigenvalue weighted by molar-refractivity contribution is 5.55. The lowest BCUT2D eigenvalue weighted by molar-refractivity contribution is 0.304. The summed E-state index contributed by atoms with van der Waals surface area (Å²) in [5.41, 5.74) is 6.99. The molecule has 4 nitrogen and oxygen atoms in total. The van der Waals surface area contributed by atoms with E-state index >= 15 is 0 Å². The Balaban J connectivity index is 2.12. The fourth-order valence-electron chi connectivity index (χ4n) is 2.70. The minimum absolute atomic E-state index is 0.532. The Morgan fingerprint density at radius 1 is 1.15 bits per heavy atom. The Morgan fingerprint density at radius 2 is 1.75 bits per heavy atom. The molecule has 0 aliphatic heterocycles. The van der Waals surface area contributed by atoms with Crippen molar-refractivity contribution in [2.45, 2.75) is 53.4 Å². The van der Waals surface area contributed by atoms with Gasteiger partial charge in [0.05, 0.1) is 0 Å². The molecule has 0 spiro atoms. The van der Waals surface area contributed by atoms with Crippen LogP contribution in [0.3, 0.4) is 0 Å². The van der Waals surface area contributed by atoms with Gasteiger partial charge in [-0.2, -0.15) is 0 Å². The van der Waals surface area contributed by atoms with Crippen molar-refractivity contribution >= 4 is 11.6 Å². The summed E-state index contributed by atoms with van der Waals surface area (Å²) in [5.74, 6) is 4.94. The maximum Gasteiger partial charge on any atom is 0.136 e. The van der Waals surface area contributed by atoms with Crippen LogP contribution in [0.2, 0.25) is 0 Å². The summed E-state index contributed by atoms with van der Waals surface area (Å²) in [5, 5.41) is 3.51. The van der Waals surface area contributed by atoms with Gasteiger partial charge in [-0.25, -0.2) is 9.97 Å². The van der Waals surface area contributed by atoms with Gasteiger partial charge in [-0.05, 0) is 37.5 Å². The van der Waals surface area contributed by atoms with Crippen molar-refractivity contribution in [1.29, 1.82) is 0 Å². The van der Waals surface area contributed by atoms with E-state index in [1.165, 1.54) is 12.8 Å². The average Bonchev–Trinajstić information content (AvgIpc) is 3.17. The highest BCUT2D eigenvalue weighted by Crippen LogP contribution is 2.39. The third kappa shape index (κ3) is 3.41. The first-order valence-corrected chi connectivity index (χ1v) is 7.78. The lowest BCUT2D eigenvalue weighted by Gasteiger charge is -2.25. The number of hydrogen-bond donors (Lipinski definition) is 2. The van der Waals surface area contributed by atoms with E-state index in [1.54, 1.807) is 0 Å². The zero-order valence-electron chi connectivity index (χ0n) is 13.4. The van der Waals surface area contributed by atoms with E-state index in [-0.39, 0.29) is 0 Å². The fourth-order valence-corrected chi connectivity index (χ4v) is 2.70. The number of nitrogens with one attached hydrogen (secondary N) is 1. The van der Waals surface area contributed by atoms with Crippen molar-refractivity contribution in [3.63, 3.8) is 0 Å². The maximum absolute atomic E-state index is 6.02. The van der Waals surface area contributed by atoms with Gasteiger partial charge >= 0.3 is 0 Å². The minimum Gasteiger partial charge on any atom is -0.383 e. The Hall–Kier alpha value is -1.32. The van der Waals surface area contributed by atoms with E-state index in [2.05, 4.69) is 43.0 Å². The quantitative estimate of drug-likeness (QED) is 0.833. The van der Waals surface area contributed by atoms with E-state index in [0.717, 1.165) is 23.8 Å². The normalized spacial score (nSPS) is 15.4. The van der Waals surface area contributed by atoms with Gasteiger partial charge in [0, 0.05) is 18.0 Å². The summed E-state index contributed by atoms with van der Waals surface area (Å²) >= 11 is 0. The molecule has 2 rings (SSSR count). The van der Waals surface area contributed by atoms with Gasteiger partial charge in [-0.3, -0.25) is 0 Å². The second-order valence-electron chi connectivity index (χ2n) is 6.75. The van der Waals surface area contributed by atoms with Crippen LogP contribution in [0.25, 0.3) is 0 Å². The molecule has 0 saturated heterocycles. The van der Waals surface area contributed by atoms with Gasteiger partial charge in [0.25, 0.3) is 0 Å². The third-order valence-electron chi connectivity index (χ3n) is 4.36. The number of nitrogen functional groups attached to an aromatic ring is 1. The molecule has 4 heteroatoms. The molecule has 0 atom stereocenters. The van der Waals surface area contributed by atoms with Crippen LogP contribution in [-0.4, -0.2) is 16.5 Å². The first-order valence-electron chi connectivity index (χ1n) is 7.78. The largest absolute Gasteiger partial charge is 0.383 e. The zero-order valence-corrected chi connectivity index (χ0v) is 13.4. The van der Waals surface area contributed by atoms with E-state index < -0.39 is 0 Å². The first kappa shape index (κ1) is 15.1. The topological polar surface area (TPSA) is 63.8 Å². The molecule has 1 fully saturated rings. The molecular weight excluding hydrogens is 248 g/mol. The van der Waals surface area contributed by atoms with Gasteiger partial charge < -0.3 is 11.1 Å². The first-order chi connectivity index (χ1) is 9.40. The van der Waals surface area contributed by atoms with Gasteiger partial charge in [0.15, 0.2) is 0 Å². The zero-order chi connectivity index (χ0) is 14.9. The van der Waals surface area contributed by atoms with E-state index in [9.17, 15) is 0 Å². The molecule has 1 saturated carbocycles. The molecule has 112 valence electrons. The van der Waals surface area contributed by atoms with Crippen LogP contribution < -0.4 is 11.1 Å². The molecule has 0 radical (unpaired) electrons. The van der Waals surface area contributed by atoms with E-state index in [1.807, 2.05) is 6.92 Å². The average molecular weight is 276 g/mol. The molecule has 1 aromatic rings. The third-order valence-corrected chi connectivity index (χ3v) is 4.36. The molecule has 0 unspecified atom stereocenters. The van der Waals surface area contributed by atoms with Crippen molar-refractivity contribution in [1.82, 2.24) is 9.97 Å². The molecule has 1 aliphatic rings. The van der Waals surface area contributed by atoms with E-state index in [0.29, 0.717) is 29.5 Å². The molecule has 0 amide bonds. The highest BCUT2D eigenvalue weighted by Gasteiger charge is 2.28. The molecule has 3 N–H and O–H groups in total. The standard InChI is InChI=1S/C16H28N4/c1-9(2)13(10(3)4)8-18-15-11(5)14(17)19-16(20-15)12-6-7-12/h9-10,12-13H,6-8H2,1-5H3,(H3,17,18,19,20). The van der Waals surface area contributed by atoms with Crippen molar-refractivity contribution in [2.75, 3.05) is 17.6 Å². The summed E-state index contributed by atoms with van der Waals surface area (Å²) in [6.07, 6.45) is 2.39. The van der Waals surface area contributed by atoms with Crippen molar-refractivity contribution in [3.8, 4) is 0 Å². The van der Waals surface area contributed by atoms with Gasteiger partial charge in [-0.1, -0.05) is 27.7 Å². The predicted octanol–water partition coefficient (Wildman–Crippen LogP) is 3.58. The molecule has 1 heterocycles. The molecule has 0 aromatic carbocycles. The monoisotopic (exact) mass is 276 g/mol. The lowest BCUT2D eigenvalue weighted by atomic mass is 9.85. The van der Waals surface area contributed by atoms with Gasteiger partial charge in [-0.15, -0.1) is 0 Å². The Kier molecular flexibility index (Phi) is 4.51. The molecule has 1 aliphatic carbocycles. The lowest BCUT2D eigenvalue weighted by Crippen LogP contribution is -2.25. The number of rotatable bonds is 6. The maximum atomic E-state index is 6.02. The van der Waals surface area contributed by atoms with Crippen LogP contribution in [0, 0.1) is 24.7 Å². The summed E-state index contributed by atoms with van der Waals surface area (Å²) < 4.78 is 0. The molecule has 0 bridgehead atoms. The van der Waals surface area contributed by atoms with Crippen molar-refractivity contribution in [3.05, 3.63) is 11.4 Å². The summed E-state index contributed by atoms with van der Waals surface area (Å²) in [7, 11) is 0. The second kappa shape index (κ2) is 5.98. The molecule has 20 heavy (non-hydrogen) atoms. The van der Waals surface area contributed by atoms with Crippen LogP contribution >= 0.6 is 0 Å². The van der Waals surface area contributed by atoms with E-state index in [4.69, 9.17) is 5.73 Å². The Labute approximate surface area is 122 Å². The number of aromatic nitrogens is 2. The fraction of sp³-hybridized carbons (Fsp3) is 0.750. The number of hydrogen-bond acceptors (Lipinski definition) is 4. The number of nitrogens with two attached hydrogens (primary N) is 1. The van der Waals surface area contributed by atoms with Crippen LogP contribution in [0.15, 0.2) is 0 Å². The van der Waals surface area contributed by atoms with Gasteiger partial charge in [0.2, 0.25) is 0 Å². The number of nitrogens with zero attached hydrogens (tertiary/aromatic N) is 2. The van der Waals surface area contributed by atoms with Crippen LogP contribution in [0.4, 0.5) is 11.6 Å². The smallest absolute Gasteiger partial charge is 0.136 e. The minimum atomic E-state index is 0.532. The Bertz CT molecular complexity index is 456. The van der Waals surface area contributed by atoms with Crippen LogP contribution in [-0.2, 0) is 0 Å².